The number of benzene rings is 1. The smallest absolute Gasteiger partial charge is 0.251 e. The lowest BCUT2D eigenvalue weighted by Crippen LogP contribution is -2.44. The first-order chi connectivity index (χ1) is 14.7. The van der Waals surface area contributed by atoms with E-state index in [9.17, 15) is 9.90 Å². The molecule has 3 aliphatic rings. The van der Waals surface area contributed by atoms with E-state index >= 15 is 0 Å². The van der Waals surface area contributed by atoms with Crippen molar-refractivity contribution in [2.24, 2.45) is 5.92 Å². The second-order valence-electron chi connectivity index (χ2n) is 8.69. The molecule has 3 fully saturated rings. The molecule has 1 amide bonds. The fraction of sp³-hybridized carbons (Fsp3) is 0.591. The molecule has 8 heteroatoms. The Morgan fingerprint density at radius 2 is 2.00 bits per heavy atom. The number of hydrogen-bond donors (Lipinski definition) is 2. The van der Waals surface area contributed by atoms with Gasteiger partial charge in [0.15, 0.2) is 0 Å². The SMILES string of the molecule is O=C(N[C@H]1CO[C@@H]2C(n3cc(CC4CCCCC4)nn3)CO[C@H]12)c1cccc(O)c1. The first-order valence-electron chi connectivity index (χ1n) is 10.9. The third-order valence-electron chi connectivity index (χ3n) is 6.57. The molecular formula is C22H28N4O4. The highest BCUT2D eigenvalue weighted by molar-refractivity contribution is 5.94. The van der Waals surface area contributed by atoms with Gasteiger partial charge in [-0.3, -0.25) is 4.79 Å². The van der Waals surface area contributed by atoms with Crippen LogP contribution in [0.2, 0.25) is 0 Å². The van der Waals surface area contributed by atoms with E-state index in [0.717, 1.165) is 18.0 Å². The third-order valence-corrected chi connectivity index (χ3v) is 6.57. The zero-order chi connectivity index (χ0) is 20.5. The molecule has 5 rings (SSSR count). The Labute approximate surface area is 175 Å². The minimum atomic E-state index is -0.247. The molecule has 1 saturated carbocycles. The molecule has 2 saturated heterocycles. The molecule has 160 valence electrons. The fourth-order valence-electron chi connectivity index (χ4n) is 4.98. The second-order valence-corrected chi connectivity index (χ2v) is 8.69. The molecule has 8 nitrogen and oxygen atoms in total. The predicted molar refractivity (Wildman–Crippen MR) is 108 cm³/mol. The number of aromatic nitrogens is 3. The summed E-state index contributed by atoms with van der Waals surface area (Å²) in [4.78, 5) is 12.5. The standard InChI is InChI=1S/C22H28N4O4/c27-17-8-4-7-15(10-17)22(28)23-18-12-29-21-19(13-30-20(18)21)26-11-16(24-25-26)9-14-5-2-1-3-6-14/h4,7-8,10-11,14,18-21,27H,1-3,5-6,9,12-13H2,(H,23,28)/t18-,19?,20+,21+/m0/s1. The van der Waals surface area contributed by atoms with Gasteiger partial charge in [-0.2, -0.15) is 0 Å². The lowest BCUT2D eigenvalue weighted by molar-refractivity contribution is 0.0613. The third kappa shape index (κ3) is 3.94. The maximum absolute atomic E-state index is 12.5. The van der Waals surface area contributed by atoms with E-state index in [4.69, 9.17) is 9.47 Å². The van der Waals surface area contributed by atoms with E-state index < -0.39 is 0 Å². The number of amides is 1. The number of aromatic hydroxyl groups is 1. The van der Waals surface area contributed by atoms with Crippen molar-refractivity contribution in [3.05, 3.63) is 41.7 Å². The lowest BCUT2D eigenvalue weighted by atomic mass is 9.86. The average Bonchev–Trinajstić information content (AvgIpc) is 3.47. The molecule has 2 aromatic rings. The number of fused-ring (bicyclic) bond motifs is 1. The number of nitrogens with one attached hydrogen (secondary N) is 1. The topological polar surface area (TPSA) is 98.5 Å². The first kappa shape index (κ1) is 19.5. The van der Waals surface area contributed by atoms with Gasteiger partial charge in [0, 0.05) is 11.8 Å². The first-order valence-corrected chi connectivity index (χ1v) is 10.9. The van der Waals surface area contributed by atoms with Crippen LogP contribution in [0.4, 0.5) is 0 Å². The number of rotatable bonds is 5. The van der Waals surface area contributed by atoms with E-state index in [0.29, 0.717) is 18.8 Å². The van der Waals surface area contributed by atoms with Crippen molar-refractivity contribution in [1.82, 2.24) is 20.3 Å². The van der Waals surface area contributed by atoms with Crippen LogP contribution in [-0.2, 0) is 15.9 Å². The number of carbonyl (C=O) groups excluding carboxylic acids is 1. The van der Waals surface area contributed by atoms with Gasteiger partial charge < -0.3 is 19.9 Å². The summed E-state index contributed by atoms with van der Waals surface area (Å²) < 4.78 is 13.9. The van der Waals surface area contributed by atoms with Gasteiger partial charge in [0.05, 0.1) is 24.9 Å². The van der Waals surface area contributed by atoms with Crippen molar-refractivity contribution >= 4 is 5.91 Å². The molecule has 30 heavy (non-hydrogen) atoms. The highest BCUT2D eigenvalue weighted by Gasteiger charge is 2.49. The highest BCUT2D eigenvalue weighted by atomic mass is 16.6. The molecular weight excluding hydrogens is 384 g/mol. The number of nitrogens with zero attached hydrogens (tertiary/aromatic N) is 3. The van der Waals surface area contributed by atoms with Gasteiger partial charge in [-0.15, -0.1) is 5.10 Å². The van der Waals surface area contributed by atoms with Crippen molar-refractivity contribution < 1.29 is 19.4 Å². The number of ether oxygens (including phenoxy) is 2. The van der Waals surface area contributed by atoms with Crippen molar-refractivity contribution in [3.63, 3.8) is 0 Å². The summed E-state index contributed by atoms with van der Waals surface area (Å²) in [7, 11) is 0. The molecule has 2 aliphatic heterocycles. The number of phenolic OH excluding ortho intramolecular Hbond substituents is 1. The molecule has 3 heterocycles. The molecule has 0 spiro atoms. The molecule has 1 unspecified atom stereocenters. The Balaban J connectivity index is 1.21. The Bertz CT molecular complexity index is 895. The van der Waals surface area contributed by atoms with Crippen LogP contribution in [0.15, 0.2) is 30.5 Å². The minimum absolute atomic E-state index is 0.0368. The van der Waals surface area contributed by atoms with Crippen LogP contribution in [0.5, 0.6) is 5.75 Å². The number of phenols is 1. The van der Waals surface area contributed by atoms with Crippen molar-refractivity contribution in [2.45, 2.75) is 62.8 Å². The Morgan fingerprint density at radius 1 is 1.17 bits per heavy atom. The average molecular weight is 412 g/mol. The number of carbonyl (C=O) groups is 1. The van der Waals surface area contributed by atoms with E-state index in [1.54, 1.807) is 12.1 Å². The van der Waals surface area contributed by atoms with E-state index in [1.807, 2.05) is 10.9 Å². The fourth-order valence-corrected chi connectivity index (χ4v) is 4.98. The van der Waals surface area contributed by atoms with Crippen LogP contribution >= 0.6 is 0 Å². The summed E-state index contributed by atoms with van der Waals surface area (Å²) in [5.41, 5.74) is 1.45. The highest BCUT2D eigenvalue weighted by Crippen LogP contribution is 2.34. The molecule has 1 aliphatic carbocycles. The zero-order valence-corrected chi connectivity index (χ0v) is 16.9. The van der Waals surface area contributed by atoms with Gasteiger partial charge in [-0.05, 0) is 30.5 Å². The van der Waals surface area contributed by atoms with E-state index in [2.05, 4.69) is 15.6 Å². The molecule has 2 N–H and O–H groups in total. The van der Waals surface area contributed by atoms with Gasteiger partial charge in [-0.25, -0.2) is 4.68 Å². The van der Waals surface area contributed by atoms with Gasteiger partial charge in [-0.1, -0.05) is 43.4 Å². The van der Waals surface area contributed by atoms with Crippen LogP contribution in [-0.4, -0.2) is 57.5 Å². The summed E-state index contributed by atoms with van der Waals surface area (Å²) in [5, 5.41) is 21.3. The monoisotopic (exact) mass is 412 g/mol. The minimum Gasteiger partial charge on any atom is -0.508 e. The lowest BCUT2D eigenvalue weighted by Gasteiger charge is -2.20. The second kappa shape index (κ2) is 8.35. The molecule has 1 aromatic heterocycles. The summed E-state index contributed by atoms with van der Waals surface area (Å²) in [6.45, 7) is 0.875. The van der Waals surface area contributed by atoms with Crippen molar-refractivity contribution in [1.29, 1.82) is 0 Å². The van der Waals surface area contributed by atoms with E-state index in [1.165, 1.54) is 44.2 Å². The van der Waals surface area contributed by atoms with Crippen LogP contribution in [0.25, 0.3) is 0 Å². The van der Waals surface area contributed by atoms with Crippen LogP contribution in [0.1, 0.15) is 54.2 Å². The maximum Gasteiger partial charge on any atom is 0.251 e. The van der Waals surface area contributed by atoms with Crippen molar-refractivity contribution in [3.8, 4) is 5.75 Å². The summed E-state index contributed by atoms with van der Waals surface area (Å²) in [6.07, 6.45) is 9.21. The largest absolute Gasteiger partial charge is 0.508 e. The van der Waals surface area contributed by atoms with Gasteiger partial charge in [0.2, 0.25) is 0 Å². The summed E-state index contributed by atoms with van der Waals surface area (Å²) in [5.74, 6) is 0.537. The quantitative estimate of drug-likeness (QED) is 0.782. The van der Waals surface area contributed by atoms with Crippen LogP contribution < -0.4 is 5.32 Å². The molecule has 0 bridgehead atoms. The molecule has 1 aromatic carbocycles. The Kier molecular flexibility index (Phi) is 5.43. The van der Waals surface area contributed by atoms with Gasteiger partial charge >= 0.3 is 0 Å². The van der Waals surface area contributed by atoms with Crippen molar-refractivity contribution in [2.75, 3.05) is 13.2 Å². The van der Waals surface area contributed by atoms with Gasteiger partial charge in [0.25, 0.3) is 5.91 Å². The zero-order valence-electron chi connectivity index (χ0n) is 16.9. The Hall–Kier alpha value is -2.45. The Morgan fingerprint density at radius 3 is 2.83 bits per heavy atom. The van der Waals surface area contributed by atoms with E-state index in [-0.39, 0.29) is 35.9 Å². The molecule has 0 radical (unpaired) electrons. The summed E-state index contributed by atoms with van der Waals surface area (Å²) >= 11 is 0. The normalized spacial score (nSPS) is 29.1. The maximum atomic E-state index is 12.5. The van der Waals surface area contributed by atoms with Crippen LogP contribution in [0, 0.1) is 5.92 Å². The van der Waals surface area contributed by atoms with Gasteiger partial charge in [0.1, 0.15) is 24.0 Å². The predicted octanol–water partition coefficient (Wildman–Crippen LogP) is 2.24. The summed E-state index contributed by atoms with van der Waals surface area (Å²) in [6, 6.07) is 6.03. The molecule has 4 atom stereocenters. The van der Waals surface area contributed by atoms with Crippen LogP contribution in [0.3, 0.4) is 0 Å². The number of hydrogen-bond acceptors (Lipinski definition) is 6.